The van der Waals surface area contributed by atoms with Crippen LogP contribution in [0.4, 0.5) is 0 Å². The normalized spacial score (nSPS) is 11.8. The molecule has 17 heavy (non-hydrogen) atoms. The summed E-state index contributed by atoms with van der Waals surface area (Å²) in [5.41, 5.74) is 0.821. The fourth-order valence-electron chi connectivity index (χ4n) is 1.23. The summed E-state index contributed by atoms with van der Waals surface area (Å²) in [6.45, 7) is -0.0459. The van der Waals surface area contributed by atoms with Crippen molar-refractivity contribution in [2.24, 2.45) is 0 Å². The lowest BCUT2D eigenvalue weighted by Crippen LogP contribution is -2.38. The number of aliphatic carboxylic acids is 1. The van der Waals surface area contributed by atoms with Gasteiger partial charge in [-0.25, -0.2) is 4.79 Å². The molecule has 0 saturated carbocycles. The smallest absolute Gasteiger partial charge is 0.334 e. The number of carbonyl (C=O) groups is 2. The highest BCUT2D eigenvalue weighted by Crippen LogP contribution is 1.97. The second kappa shape index (κ2) is 6.59. The highest BCUT2D eigenvalue weighted by atomic mass is 16.5. The molecular weight excluding hydrogens is 224 g/mol. The quantitative estimate of drug-likeness (QED) is 0.719. The third kappa shape index (κ3) is 4.60. The molecule has 0 aromatic carbocycles. The van der Waals surface area contributed by atoms with Gasteiger partial charge in [-0.2, -0.15) is 0 Å². The van der Waals surface area contributed by atoms with Crippen LogP contribution in [-0.2, 0) is 20.7 Å². The molecule has 0 saturated heterocycles. The van der Waals surface area contributed by atoms with E-state index in [1.165, 1.54) is 7.11 Å². The maximum absolute atomic E-state index is 11.5. The van der Waals surface area contributed by atoms with Crippen molar-refractivity contribution in [2.45, 2.75) is 12.5 Å². The van der Waals surface area contributed by atoms with E-state index in [4.69, 9.17) is 5.11 Å². The monoisotopic (exact) mass is 238 g/mol. The summed E-state index contributed by atoms with van der Waals surface area (Å²) >= 11 is 0. The Balaban J connectivity index is 2.38. The third-order valence-corrected chi connectivity index (χ3v) is 2.16. The minimum absolute atomic E-state index is 0.0459. The first kappa shape index (κ1) is 13.1. The van der Waals surface area contributed by atoms with E-state index in [0.29, 0.717) is 0 Å². The van der Waals surface area contributed by atoms with Crippen LogP contribution in [0.5, 0.6) is 0 Å². The molecule has 1 amide bonds. The Morgan fingerprint density at radius 3 is 2.65 bits per heavy atom. The fraction of sp³-hybridized carbons (Fsp3) is 0.364. The number of ether oxygens (including phenoxy) is 1. The average Bonchev–Trinajstić information content (AvgIpc) is 2.30. The van der Waals surface area contributed by atoms with Crippen LogP contribution in [0.2, 0.25) is 0 Å². The van der Waals surface area contributed by atoms with Gasteiger partial charge >= 0.3 is 5.97 Å². The number of hydrogen-bond acceptors (Lipinski definition) is 4. The van der Waals surface area contributed by atoms with Crippen molar-refractivity contribution in [3.8, 4) is 0 Å². The number of pyridine rings is 1. The SMILES string of the molecule is COC(CNC(=O)Cc1ccncc1)C(=O)O. The van der Waals surface area contributed by atoms with E-state index < -0.39 is 12.1 Å². The predicted octanol–water partition coefficient (Wildman–Crippen LogP) is -0.160. The summed E-state index contributed by atoms with van der Waals surface area (Å²) in [4.78, 5) is 25.9. The first-order chi connectivity index (χ1) is 8.13. The molecule has 0 aliphatic carbocycles. The molecule has 1 rings (SSSR count). The number of nitrogens with zero attached hydrogens (tertiary/aromatic N) is 1. The Hall–Kier alpha value is -1.95. The largest absolute Gasteiger partial charge is 0.479 e. The summed E-state index contributed by atoms with van der Waals surface area (Å²) in [6.07, 6.45) is 2.37. The number of hydrogen-bond donors (Lipinski definition) is 2. The van der Waals surface area contributed by atoms with Crippen molar-refractivity contribution < 1.29 is 19.4 Å². The number of carboxylic acid groups (broad SMARTS) is 1. The van der Waals surface area contributed by atoms with E-state index in [-0.39, 0.29) is 18.9 Å². The summed E-state index contributed by atoms with van der Waals surface area (Å²) in [7, 11) is 1.29. The minimum atomic E-state index is -1.10. The van der Waals surface area contributed by atoms with Gasteiger partial charge in [0.05, 0.1) is 13.0 Å². The van der Waals surface area contributed by atoms with Crippen LogP contribution >= 0.6 is 0 Å². The maximum Gasteiger partial charge on any atom is 0.334 e. The lowest BCUT2D eigenvalue weighted by atomic mass is 10.2. The van der Waals surface area contributed by atoms with Crippen molar-refractivity contribution in [1.82, 2.24) is 10.3 Å². The molecule has 6 nitrogen and oxygen atoms in total. The van der Waals surface area contributed by atoms with Gasteiger partial charge in [0.15, 0.2) is 6.10 Å². The van der Waals surface area contributed by atoms with E-state index in [1.807, 2.05) is 0 Å². The van der Waals surface area contributed by atoms with Crippen LogP contribution in [0.25, 0.3) is 0 Å². The maximum atomic E-state index is 11.5. The number of rotatable bonds is 6. The van der Waals surface area contributed by atoms with Gasteiger partial charge < -0.3 is 15.2 Å². The Labute approximate surface area is 98.6 Å². The van der Waals surface area contributed by atoms with Gasteiger partial charge in [-0.1, -0.05) is 0 Å². The Bertz CT molecular complexity index is 380. The van der Waals surface area contributed by atoms with Gasteiger partial charge in [-0.3, -0.25) is 9.78 Å². The van der Waals surface area contributed by atoms with Crippen molar-refractivity contribution in [3.05, 3.63) is 30.1 Å². The van der Waals surface area contributed by atoms with E-state index in [2.05, 4.69) is 15.0 Å². The molecule has 1 aromatic rings. The minimum Gasteiger partial charge on any atom is -0.479 e. The highest BCUT2D eigenvalue weighted by Gasteiger charge is 2.16. The number of carbonyl (C=O) groups excluding carboxylic acids is 1. The molecule has 0 radical (unpaired) electrons. The summed E-state index contributed by atoms with van der Waals surface area (Å²) < 4.78 is 4.69. The molecule has 0 spiro atoms. The van der Waals surface area contributed by atoms with E-state index in [0.717, 1.165) is 5.56 Å². The summed E-state index contributed by atoms with van der Waals surface area (Å²) in [5, 5.41) is 11.2. The standard InChI is InChI=1S/C11H14N2O4/c1-17-9(11(15)16)7-13-10(14)6-8-2-4-12-5-3-8/h2-5,9H,6-7H2,1H3,(H,13,14)(H,15,16). The molecule has 6 heteroatoms. The Morgan fingerprint density at radius 2 is 2.12 bits per heavy atom. The second-order valence-electron chi connectivity index (χ2n) is 3.40. The van der Waals surface area contributed by atoms with Crippen molar-refractivity contribution in [1.29, 1.82) is 0 Å². The number of nitrogens with one attached hydrogen (secondary N) is 1. The van der Waals surface area contributed by atoms with Crippen LogP contribution in [-0.4, -0.2) is 41.7 Å². The van der Waals surface area contributed by atoms with Crippen LogP contribution < -0.4 is 5.32 Å². The van der Waals surface area contributed by atoms with Crippen molar-refractivity contribution in [3.63, 3.8) is 0 Å². The highest BCUT2D eigenvalue weighted by molar-refractivity contribution is 5.79. The van der Waals surface area contributed by atoms with Gasteiger partial charge in [-0.15, -0.1) is 0 Å². The van der Waals surface area contributed by atoms with Crippen LogP contribution in [0.1, 0.15) is 5.56 Å². The molecule has 1 aromatic heterocycles. The zero-order valence-corrected chi connectivity index (χ0v) is 9.42. The van der Waals surface area contributed by atoms with Crippen LogP contribution in [0.15, 0.2) is 24.5 Å². The number of amides is 1. The molecule has 0 aliphatic heterocycles. The topological polar surface area (TPSA) is 88.5 Å². The average molecular weight is 238 g/mol. The number of carboxylic acids is 1. The van der Waals surface area contributed by atoms with Gasteiger partial charge in [0.25, 0.3) is 0 Å². The number of methoxy groups -OCH3 is 1. The lowest BCUT2D eigenvalue weighted by molar-refractivity contribution is -0.148. The lowest BCUT2D eigenvalue weighted by Gasteiger charge is -2.11. The third-order valence-electron chi connectivity index (χ3n) is 2.16. The molecular formula is C11H14N2O4. The van der Waals surface area contributed by atoms with Gasteiger partial charge in [0, 0.05) is 19.5 Å². The van der Waals surface area contributed by atoms with Gasteiger partial charge in [0.1, 0.15) is 0 Å². The zero-order valence-electron chi connectivity index (χ0n) is 9.42. The first-order valence-electron chi connectivity index (χ1n) is 5.04. The molecule has 0 fully saturated rings. The van der Waals surface area contributed by atoms with Gasteiger partial charge in [-0.05, 0) is 17.7 Å². The fourth-order valence-corrected chi connectivity index (χ4v) is 1.23. The number of aromatic nitrogens is 1. The van der Waals surface area contributed by atoms with E-state index in [9.17, 15) is 9.59 Å². The molecule has 1 atom stereocenters. The molecule has 1 heterocycles. The van der Waals surface area contributed by atoms with Crippen molar-refractivity contribution in [2.75, 3.05) is 13.7 Å². The molecule has 1 unspecified atom stereocenters. The Morgan fingerprint density at radius 1 is 1.47 bits per heavy atom. The second-order valence-corrected chi connectivity index (χ2v) is 3.40. The van der Waals surface area contributed by atoms with E-state index >= 15 is 0 Å². The van der Waals surface area contributed by atoms with Crippen molar-refractivity contribution >= 4 is 11.9 Å². The molecule has 0 aliphatic rings. The zero-order chi connectivity index (χ0) is 12.7. The Kier molecular flexibility index (Phi) is 5.09. The molecule has 2 N–H and O–H groups in total. The summed E-state index contributed by atoms with van der Waals surface area (Å²) in [5.74, 6) is -1.35. The molecule has 92 valence electrons. The summed E-state index contributed by atoms with van der Waals surface area (Å²) in [6, 6.07) is 3.45. The van der Waals surface area contributed by atoms with Crippen LogP contribution in [0, 0.1) is 0 Å². The predicted molar refractivity (Wildman–Crippen MR) is 59.4 cm³/mol. The van der Waals surface area contributed by atoms with Crippen LogP contribution in [0.3, 0.4) is 0 Å². The van der Waals surface area contributed by atoms with E-state index in [1.54, 1.807) is 24.5 Å². The first-order valence-corrected chi connectivity index (χ1v) is 5.04. The molecule has 0 bridgehead atoms. The van der Waals surface area contributed by atoms with Gasteiger partial charge in [0.2, 0.25) is 5.91 Å².